The molecule has 1 amide bonds. The number of carbonyl (C=O) groups is 1. The number of ether oxygens (including phenoxy) is 1. The summed E-state index contributed by atoms with van der Waals surface area (Å²) in [5.41, 5.74) is 2.75. The average molecular weight is 355 g/mol. The van der Waals surface area contributed by atoms with Crippen LogP contribution in [0.3, 0.4) is 0 Å². The van der Waals surface area contributed by atoms with Gasteiger partial charge in [-0.15, -0.1) is 5.10 Å². The minimum atomic E-state index is -0.0895. The summed E-state index contributed by atoms with van der Waals surface area (Å²) in [5, 5.41) is 11.7. The Bertz CT molecular complexity index is 769. The lowest BCUT2D eigenvalue weighted by Gasteiger charge is -2.33. The number of rotatable bonds is 3. The molecule has 3 heterocycles. The predicted octanol–water partition coefficient (Wildman–Crippen LogP) is 1.72. The van der Waals surface area contributed by atoms with Crippen LogP contribution in [-0.4, -0.2) is 58.6 Å². The smallest absolute Gasteiger partial charge is 0.276 e. The highest BCUT2D eigenvalue weighted by Crippen LogP contribution is 2.26. The molecule has 2 aromatic rings. The second kappa shape index (κ2) is 7.55. The number of nitrogens with one attached hydrogen (secondary N) is 1. The molecule has 1 aromatic carbocycles. The molecule has 4 rings (SSSR count). The second-order valence-corrected chi connectivity index (χ2v) is 7.03. The molecule has 26 heavy (non-hydrogen) atoms. The van der Waals surface area contributed by atoms with E-state index in [2.05, 4.69) is 34.7 Å². The molecule has 2 saturated heterocycles. The molecule has 138 valence electrons. The van der Waals surface area contributed by atoms with Crippen LogP contribution >= 0.6 is 0 Å². The molecule has 2 aliphatic rings. The van der Waals surface area contributed by atoms with Gasteiger partial charge in [0.25, 0.3) is 5.91 Å². The summed E-state index contributed by atoms with van der Waals surface area (Å²) in [5.74, 6) is -0.0629. The molecule has 1 N–H and O–H groups in total. The van der Waals surface area contributed by atoms with Crippen LogP contribution in [0.1, 0.15) is 46.6 Å². The first-order chi connectivity index (χ1) is 12.7. The third kappa shape index (κ3) is 3.50. The summed E-state index contributed by atoms with van der Waals surface area (Å²) >= 11 is 0. The van der Waals surface area contributed by atoms with E-state index in [1.54, 1.807) is 6.20 Å². The van der Waals surface area contributed by atoms with Crippen molar-refractivity contribution in [2.75, 3.05) is 32.8 Å². The molecule has 1 atom stereocenters. The van der Waals surface area contributed by atoms with E-state index in [0.717, 1.165) is 31.5 Å². The molecule has 0 bridgehead atoms. The Morgan fingerprint density at radius 3 is 2.88 bits per heavy atom. The lowest BCUT2D eigenvalue weighted by Crippen LogP contribution is -2.42. The van der Waals surface area contributed by atoms with Gasteiger partial charge in [-0.1, -0.05) is 29.5 Å². The van der Waals surface area contributed by atoms with Crippen LogP contribution in [-0.2, 0) is 4.74 Å². The van der Waals surface area contributed by atoms with Gasteiger partial charge in [0.05, 0.1) is 25.4 Å². The fraction of sp³-hybridized carbons (Fsp3) is 0.526. The average Bonchev–Trinajstić information content (AvgIpc) is 3.19. The van der Waals surface area contributed by atoms with Crippen molar-refractivity contribution in [3.8, 4) is 0 Å². The highest BCUT2D eigenvalue weighted by Gasteiger charge is 2.29. The fourth-order valence-electron chi connectivity index (χ4n) is 3.76. The van der Waals surface area contributed by atoms with Crippen LogP contribution in [0.5, 0.6) is 0 Å². The molecule has 0 saturated carbocycles. The maximum absolute atomic E-state index is 12.9. The van der Waals surface area contributed by atoms with E-state index in [0.29, 0.717) is 31.4 Å². The number of benzene rings is 1. The zero-order valence-electron chi connectivity index (χ0n) is 15.1. The summed E-state index contributed by atoms with van der Waals surface area (Å²) in [4.78, 5) is 14.7. The van der Waals surface area contributed by atoms with Crippen molar-refractivity contribution in [2.24, 2.45) is 0 Å². The van der Waals surface area contributed by atoms with Gasteiger partial charge in [0, 0.05) is 6.54 Å². The molecule has 0 radical (unpaired) electrons. The topological polar surface area (TPSA) is 72.3 Å². The quantitative estimate of drug-likeness (QED) is 0.908. The zero-order chi connectivity index (χ0) is 17.9. The first-order valence-corrected chi connectivity index (χ1v) is 9.31. The third-order valence-electron chi connectivity index (χ3n) is 5.30. The van der Waals surface area contributed by atoms with Crippen molar-refractivity contribution in [3.05, 3.63) is 47.3 Å². The van der Waals surface area contributed by atoms with Gasteiger partial charge in [0.15, 0.2) is 5.69 Å². The van der Waals surface area contributed by atoms with Crippen molar-refractivity contribution in [1.82, 2.24) is 25.2 Å². The Labute approximate surface area is 153 Å². The molecule has 7 heteroatoms. The fourth-order valence-corrected chi connectivity index (χ4v) is 3.76. The van der Waals surface area contributed by atoms with E-state index < -0.39 is 0 Å². The lowest BCUT2D eigenvalue weighted by molar-refractivity contribution is -0.0232. The van der Waals surface area contributed by atoms with Crippen LogP contribution in [0.2, 0.25) is 0 Å². The molecule has 0 unspecified atom stereocenters. The van der Waals surface area contributed by atoms with E-state index in [9.17, 15) is 4.79 Å². The van der Waals surface area contributed by atoms with E-state index in [1.165, 1.54) is 5.56 Å². The van der Waals surface area contributed by atoms with Gasteiger partial charge in [0.2, 0.25) is 0 Å². The van der Waals surface area contributed by atoms with Crippen molar-refractivity contribution < 1.29 is 9.53 Å². The Morgan fingerprint density at radius 2 is 2.08 bits per heavy atom. The monoisotopic (exact) mass is 355 g/mol. The van der Waals surface area contributed by atoms with Gasteiger partial charge in [-0.25, -0.2) is 4.68 Å². The molecule has 7 nitrogen and oxygen atoms in total. The standard InChI is InChI=1S/C19H25N5O2/c1-14-4-2-3-5-16(14)18-13-23(10-11-26-18)19(25)17-12-24(22-21-17)15-6-8-20-9-7-15/h2-5,12,15,18,20H,6-11,13H2,1H3/t18-/m1/s1. The highest BCUT2D eigenvalue weighted by atomic mass is 16.5. The molecular formula is C19H25N5O2. The van der Waals surface area contributed by atoms with Crippen LogP contribution in [0.25, 0.3) is 0 Å². The van der Waals surface area contributed by atoms with E-state index in [-0.39, 0.29) is 12.0 Å². The third-order valence-corrected chi connectivity index (χ3v) is 5.30. The summed E-state index contributed by atoms with van der Waals surface area (Å²) in [6.45, 7) is 5.70. The van der Waals surface area contributed by atoms with E-state index in [1.807, 2.05) is 21.7 Å². The van der Waals surface area contributed by atoms with Crippen LogP contribution in [0.4, 0.5) is 0 Å². The molecule has 0 spiro atoms. The van der Waals surface area contributed by atoms with Crippen LogP contribution < -0.4 is 5.32 Å². The highest BCUT2D eigenvalue weighted by molar-refractivity contribution is 5.92. The van der Waals surface area contributed by atoms with E-state index >= 15 is 0 Å². The van der Waals surface area contributed by atoms with Crippen molar-refractivity contribution >= 4 is 5.91 Å². The normalized spacial score (nSPS) is 21.7. The number of aryl methyl sites for hydroxylation is 1. The largest absolute Gasteiger partial charge is 0.370 e. The molecule has 1 aromatic heterocycles. The number of aromatic nitrogens is 3. The number of nitrogens with zero attached hydrogens (tertiary/aromatic N) is 4. The van der Waals surface area contributed by atoms with Crippen LogP contribution in [0.15, 0.2) is 30.5 Å². The van der Waals surface area contributed by atoms with Gasteiger partial charge in [-0.05, 0) is 44.0 Å². The number of carbonyl (C=O) groups excluding carboxylic acids is 1. The van der Waals surface area contributed by atoms with Gasteiger partial charge < -0.3 is 15.0 Å². The zero-order valence-corrected chi connectivity index (χ0v) is 15.1. The van der Waals surface area contributed by atoms with Crippen molar-refractivity contribution in [2.45, 2.75) is 31.9 Å². The summed E-state index contributed by atoms with van der Waals surface area (Å²) in [6, 6.07) is 8.50. The van der Waals surface area contributed by atoms with Crippen LogP contribution in [0, 0.1) is 6.92 Å². The van der Waals surface area contributed by atoms with Gasteiger partial charge in [-0.3, -0.25) is 4.79 Å². The van der Waals surface area contributed by atoms with Gasteiger partial charge in [0.1, 0.15) is 6.10 Å². The Morgan fingerprint density at radius 1 is 1.27 bits per heavy atom. The number of amides is 1. The van der Waals surface area contributed by atoms with Crippen molar-refractivity contribution in [1.29, 1.82) is 0 Å². The summed E-state index contributed by atoms with van der Waals surface area (Å²) in [7, 11) is 0. The molecule has 0 aliphatic carbocycles. The van der Waals surface area contributed by atoms with Gasteiger partial charge >= 0.3 is 0 Å². The maximum Gasteiger partial charge on any atom is 0.276 e. The van der Waals surface area contributed by atoms with Gasteiger partial charge in [-0.2, -0.15) is 0 Å². The molecule has 2 fully saturated rings. The molecular weight excluding hydrogens is 330 g/mol. The minimum Gasteiger partial charge on any atom is -0.370 e. The number of hydrogen-bond donors (Lipinski definition) is 1. The second-order valence-electron chi connectivity index (χ2n) is 7.03. The Balaban J connectivity index is 1.46. The van der Waals surface area contributed by atoms with Crippen molar-refractivity contribution in [3.63, 3.8) is 0 Å². The summed E-state index contributed by atoms with van der Waals surface area (Å²) in [6.07, 6.45) is 3.75. The lowest BCUT2D eigenvalue weighted by atomic mass is 10.0. The number of piperidine rings is 1. The first-order valence-electron chi connectivity index (χ1n) is 9.31. The maximum atomic E-state index is 12.9. The predicted molar refractivity (Wildman–Crippen MR) is 96.9 cm³/mol. The Kier molecular flexibility index (Phi) is 4.99. The minimum absolute atomic E-state index is 0.0629. The van der Waals surface area contributed by atoms with E-state index in [4.69, 9.17) is 4.74 Å². The Hall–Kier alpha value is -2.25. The first kappa shape index (κ1) is 17.2. The number of morpholine rings is 1. The number of hydrogen-bond acceptors (Lipinski definition) is 5. The SMILES string of the molecule is Cc1ccccc1[C@H]1CN(C(=O)c2cn(C3CCNCC3)nn2)CCO1. The molecule has 2 aliphatic heterocycles. The summed E-state index contributed by atoms with van der Waals surface area (Å²) < 4.78 is 7.77.